The molecule has 29 heavy (non-hydrogen) atoms. The van der Waals surface area contributed by atoms with Gasteiger partial charge in [-0.25, -0.2) is 4.99 Å². The van der Waals surface area contributed by atoms with Crippen LogP contribution in [0.4, 0.5) is 11.4 Å². The quantitative estimate of drug-likeness (QED) is 0.807. The third-order valence-electron chi connectivity index (χ3n) is 4.88. The number of aliphatic imine (C=N–C) groups is 2. The van der Waals surface area contributed by atoms with Gasteiger partial charge >= 0.3 is 0 Å². The first-order valence-electron chi connectivity index (χ1n) is 9.54. The topological polar surface area (TPSA) is 78.5 Å². The van der Waals surface area contributed by atoms with E-state index in [0.29, 0.717) is 13.2 Å². The first kappa shape index (κ1) is 21.0. The van der Waals surface area contributed by atoms with E-state index in [-0.39, 0.29) is 24.7 Å². The Labute approximate surface area is 177 Å². The molecule has 0 bridgehead atoms. The van der Waals surface area contributed by atoms with Gasteiger partial charge in [-0.1, -0.05) is 35.4 Å². The van der Waals surface area contributed by atoms with Crippen molar-refractivity contribution in [2.24, 2.45) is 15.7 Å². The number of hydrogen-bond donors (Lipinski definition) is 2. The Hall–Kier alpha value is -2.77. The summed E-state index contributed by atoms with van der Waals surface area (Å²) >= 11 is 0. The molecule has 2 aliphatic heterocycles. The van der Waals surface area contributed by atoms with Crippen LogP contribution in [-0.2, 0) is 4.74 Å². The molecule has 2 aromatic carbocycles. The third kappa shape index (κ3) is 4.81. The largest absolute Gasteiger partial charge is 0.378 e. The Kier molecular flexibility index (Phi) is 6.61. The summed E-state index contributed by atoms with van der Waals surface area (Å²) in [4.78, 5) is 13.5. The molecule has 8 heteroatoms. The fourth-order valence-electron chi connectivity index (χ4n) is 3.32. The number of nitrogens with zero attached hydrogens (tertiary/aromatic N) is 4. The molecule has 2 heterocycles. The second kappa shape index (κ2) is 9.15. The van der Waals surface area contributed by atoms with Crippen LogP contribution in [0.1, 0.15) is 11.1 Å². The standard InChI is InChI=1S/C21H26N6O.ClH/c1-15-3-7-17(8-4-15)23-20-24-19(22)25-21(26-11-13-28-14-12-26)27(20)18-9-5-16(2)6-10-18;/h3-10,20,23H,11-14H2,1-2H3,(H2,22,24);1H. The zero-order valence-corrected chi connectivity index (χ0v) is 17.5. The van der Waals surface area contributed by atoms with Crippen molar-refractivity contribution in [3.63, 3.8) is 0 Å². The molecule has 7 nitrogen and oxygen atoms in total. The number of halogens is 1. The van der Waals surface area contributed by atoms with Crippen molar-refractivity contribution in [1.82, 2.24) is 4.90 Å². The van der Waals surface area contributed by atoms with Crippen LogP contribution in [0.15, 0.2) is 58.5 Å². The van der Waals surface area contributed by atoms with Crippen molar-refractivity contribution in [3.05, 3.63) is 59.7 Å². The Morgan fingerprint density at radius 3 is 2.17 bits per heavy atom. The maximum atomic E-state index is 6.10. The molecule has 0 saturated carbocycles. The molecule has 4 rings (SSSR count). The monoisotopic (exact) mass is 414 g/mol. The molecule has 154 valence electrons. The van der Waals surface area contributed by atoms with E-state index < -0.39 is 0 Å². The summed E-state index contributed by atoms with van der Waals surface area (Å²) in [5.74, 6) is 1.07. The SMILES string of the molecule is Cc1ccc(NC2N=C(N)N=C(N3CCOCC3)N2c2ccc(C)cc2)cc1.Cl. The smallest absolute Gasteiger partial charge is 0.222 e. The molecule has 1 fully saturated rings. The minimum atomic E-state index is -0.388. The van der Waals surface area contributed by atoms with Gasteiger partial charge in [-0.05, 0) is 38.1 Å². The van der Waals surface area contributed by atoms with Crippen molar-refractivity contribution < 1.29 is 4.74 Å². The van der Waals surface area contributed by atoms with Crippen molar-refractivity contribution >= 4 is 35.7 Å². The highest BCUT2D eigenvalue weighted by Crippen LogP contribution is 2.25. The third-order valence-corrected chi connectivity index (χ3v) is 4.88. The molecule has 1 saturated heterocycles. The molecular formula is C21H27ClN6O. The van der Waals surface area contributed by atoms with E-state index in [1.54, 1.807) is 0 Å². The van der Waals surface area contributed by atoms with Gasteiger partial charge in [-0.15, -0.1) is 12.4 Å². The molecule has 2 aliphatic rings. The highest BCUT2D eigenvalue weighted by molar-refractivity contribution is 6.06. The molecule has 2 aromatic rings. The number of benzene rings is 2. The van der Waals surface area contributed by atoms with Gasteiger partial charge in [0, 0.05) is 24.5 Å². The fourth-order valence-corrected chi connectivity index (χ4v) is 3.32. The van der Waals surface area contributed by atoms with Crippen molar-refractivity contribution in [2.75, 3.05) is 36.5 Å². The van der Waals surface area contributed by atoms with E-state index in [0.717, 1.165) is 30.4 Å². The lowest BCUT2D eigenvalue weighted by Crippen LogP contribution is -2.57. The molecule has 1 unspecified atom stereocenters. The maximum absolute atomic E-state index is 6.10. The van der Waals surface area contributed by atoms with E-state index in [1.165, 1.54) is 11.1 Å². The number of nitrogens with one attached hydrogen (secondary N) is 1. The van der Waals surface area contributed by atoms with E-state index in [9.17, 15) is 0 Å². The molecule has 0 aliphatic carbocycles. The normalized spacial score (nSPS) is 19.2. The number of hydrogen-bond acceptors (Lipinski definition) is 7. The number of aryl methyl sites for hydroxylation is 2. The maximum Gasteiger partial charge on any atom is 0.222 e. The predicted octanol–water partition coefficient (Wildman–Crippen LogP) is 2.94. The highest BCUT2D eigenvalue weighted by Gasteiger charge is 2.32. The lowest BCUT2D eigenvalue weighted by Gasteiger charge is -2.41. The lowest BCUT2D eigenvalue weighted by molar-refractivity contribution is 0.0671. The van der Waals surface area contributed by atoms with Crippen LogP contribution < -0.4 is 16.0 Å². The van der Waals surface area contributed by atoms with Crippen LogP contribution in [-0.4, -0.2) is 49.4 Å². The van der Waals surface area contributed by atoms with Crippen molar-refractivity contribution in [3.8, 4) is 0 Å². The Morgan fingerprint density at radius 2 is 1.55 bits per heavy atom. The molecule has 1 atom stereocenters. The summed E-state index contributed by atoms with van der Waals surface area (Å²) < 4.78 is 5.52. The minimum absolute atomic E-state index is 0. The molecule has 0 aromatic heterocycles. The molecular weight excluding hydrogens is 388 g/mol. The number of nitrogens with two attached hydrogens (primary N) is 1. The zero-order chi connectivity index (χ0) is 19.5. The van der Waals surface area contributed by atoms with Gasteiger partial charge in [0.1, 0.15) is 0 Å². The fraction of sp³-hybridized carbons (Fsp3) is 0.333. The highest BCUT2D eigenvalue weighted by atomic mass is 35.5. The van der Waals surface area contributed by atoms with Crippen LogP contribution in [0.2, 0.25) is 0 Å². The van der Waals surface area contributed by atoms with Gasteiger partial charge < -0.3 is 20.7 Å². The summed E-state index contributed by atoms with van der Waals surface area (Å²) in [6.45, 7) is 7.04. The number of morpholine rings is 1. The summed E-state index contributed by atoms with van der Waals surface area (Å²) in [6, 6.07) is 16.6. The molecule has 0 spiro atoms. The first-order valence-corrected chi connectivity index (χ1v) is 9.54. The molecule has 0 amide bonds. The molecule has 0 radical (unpaired) electrons. The van der Waals surface area contributed by atoms with Gasteiger partial charge in [0.25, 0.3) is 0 Å². The van der Waals surface area contributed by atoms with Crippen LogP contribution >= 0.6 is 12.4 Å². The zero-order valence-electron chi connectivity index (χ0n) is 16.7. The first-order chi connectivity index (χ1) is 13.6. The van der Waals surface area contributed by atoms with E-state index in [4.69, 9.17) is 10.5 Å². The second-order valence-electron chi connectivity index (χ2n) is 7.09. The molecule has 3 N–H and O–H groups in total. The average Bonchev–Trinajstić information content (AvgIpc) is 2.71. The van der Waals surface area contributed by atoms with Crippen LogP contribution in [0, 0.1) is 13.8 Å². The van der Waals surface area contributed by atoms with Gasteiger partial charge in [0.2, 0.25) is 18.2 Å². The number of ether oxygens (including phenoxy) is 1. The van der Waals surface area contributed by atoms with E-state index in [2.05, 4.69) is 87.5 Å². The van der Waals surface area contributed by atoms with Crippen LogP contribution in [0.3, 0.4) is 0 Å². The van der Waals surface area contributed by atoms with Gasteiger partial charge in [-0.2, -0.15) is 4.99 Å². The summed E-state index contributed by atoms with van der Waals surface area (Å²) in [5, 5.41) is 3.49. The van der Waals surface area contributed by atoms with Gasteiger partial charge in [0.05, 0.1) is 13.2 Å². The number of guanidine groups is 2. The van der Waals surface area contributed by atoms with E-state index >= 15 is 0 Å². The minimum Gasteiger partial charge on any atom is -0.378 e. The lowest BCUT2D eigenvalue weighted by atomic mass is 10.2. The van der Waals surface area contributed by atoms with Crippen molar-refractivity contribution in [1.29, 1.82) is 0 Å². The Morgan fingerprint density at radius 1 is 0.966 bits per heavy atom. The predicted molar refractivity (Wildman–Crippen MR) is 121 cm³/mol. The van der Waals surface area contributed by atoms with Crippen LogP contribution in [0.5, 0.6) is 0 Å². The summed E-state index contributed by atoms with van der Waals surface area (Å²) in [6.07, 6.45) is -0.388. The van der Waals surface area contributed by atoms with Crippen LogP contribution in [0.25, 0.3) is 0 Å². The second-order valence-corrected chi connectivity index (χ2v) is 7.09. The number of anilines is 2. The summed E-state index contributed by atoms with van der Waals surface area (Å²) in [5.41, 5.74) is 10.5. The van der Waals surface area contributed by atoms with Gasteiger partial charge in [0.15, 0.2) is 0 Å². The van der Waals surface area contributed by atoms with Gasteiger partial charge in [-0.3, -0.25) is 4.90 Å². The Balaban J connectivity index is 0.00000240. The summed E-state index contributed by atoms with van der Waals surface area (Å²) in [7, 11) is 0. The average molecular weight is 415 g/mol. The van der Waals surface area contributed by atoms with E-state index in [1.807, 2.05) is 0 Å². The van der Waals surface area contributed by atoms with Crippen molar-refractivity contribution in [2.45, 2.75) is 20.1 Å². The number of rotatable bonds is 3. The Bertz CT molecular complexity index is 875.